The lowest BCUT2D eigenvalue weighted by Gasteiger charge is -2.30. The van der Waals surface area contributed by atoms with Crippen molar-refractivity contribution in [1.29, 1.82) is 0 Å². The number of nitrogens with zero attached hydrogens (tertiary/aromatic N) is 2. The number of methoxy groups -OCH3 is 1. The number of carbonyl (C=O) groups excluding carboxylic acids is 2. The first-order valence-corrected chi connectivity index (χ1v) is 13.3. The normalized spacial score (nSPS) is 20.7. The van der Waals surface area contributed by atoms with E-state index in [2.05, 4.69) is 18.7 Å². The summed E-state index contributed by atoms with van der Waals surface area (Å²) in [6.45, 7) is 6.72. The van der Waals surface area contributed by atoms with Crippen molar-refractivity contribution in [2.24, 2.45) is 11.7 Å². The Morgan fingerprint density at radius 3 is 2.27 bits per heavy atom. The van der Waals surface area contributed by atoms with Crippen LogP contribution >= 0.6 is 0 Å². The molecule has 2 aliphatic heterocycles. The molecule has 2 heterocycles. The summed E-state index contributed by atoms with van der Waals surface area (Å²) in [5, 5.41) is 0. The average Bonchev–Trinajstić information content (AvgIpc) is 3.53. The Balaban J connectivity index is 1.67. The van der Waals surface area contributed by atoms with Gasteiger partial charge in [0, 0.05) is 31.6 Å². The third-order valence-corrected chi connectivity index (χ3v) is 7.46. The molecule has 37 heavy (non-hydrogen) atoms. The summed E-state index contributed by atoms with van der Waals surface area (Å²) in [4.78, 5) is 30.7. The van der Waals surface area contributed by atoms with Gasteiger partial charge in [-0.3, -0.25) is 14.5 Å². The summed E-state index contributed by atoms with van der Waals surface area (Å²) >= 11 is 0. The van der Waals surface area contributed by atoms with Gasteiger partial charge in [0.1, 0.15) is 5.75 Å². The van der Waals surface area contributed by atoms with Crippen LogP contribution in [0, 0.1) is 5.92 Å². The Labute approximate surface area is 219 Å². The highest BCUT2D eigenvalue weighted by Gasteiger charge is 2.47. The maximum absolute atomic E-state index is 13.6. The monoisotopic (exact) mass is 509 g/mol. The van der Waals surface area contributed by atoms with Gasteiger partial charge in [0.25, 0.3) is 0 Å². The fourth-order valence-corrected chi connectivity index (χ4v) is 5.45. The second-order valence-electron chi connectivity index (χ2n) is 9.88. The minimum atomic E-state index is -0.513. The molecule has 0 saturated carbocycles. The van der Waals surface area contributed by atoms with E-state index in [1.165, 1.54) is 0 Å². The highest BCUT2D eigenvalue weighted by Crippen LogP contribution is 2.47. The molecule has 2 aliphatic rings. The summed E-state index contributed by atoms with van der Waals surface area (Å²) in [5.74, 6) is 1.10. The lowest BCUT2D eigenvalue weighted by atomic mass is 9.82. The largest absolute Gasteiger partial charge is 0.497 e. The first-order valence-electron chi connectivity index (χ1n) is 13.3. The van der Waals surface area contributed by atoms with Crippen molar-refractivity contribution in [3.8, 4) is 17.2 Å². The first-order chi connectivity index (χ1) is 18.0. The maximum Gasteiger partial charge on any atom is 0.236 e. The van der Waals surface area contributed by atoms with Crippen molar-refractivity contribution < 1.29 is 23.8 Å². The van der Waals surface area contributed by atoms with Crippen molar-refractivity contribution >= 4 is 11.8 Å². The molecule has 2 aromatic rings. The third kappa shape index (κ3) is 6.01. The zero-order valence-corrected chi connectivity index (χ0v) is 22.2. The molecule has 2 aromatic carbocycles. The Hall–Kier alpha value is -3.26. The number of primary amides is 1. The topological polar surface area (TPSA) is 94.3 Å². The van der Waals surface area contributed by atoms with E-state index in [9.17, 15) is 9.59 Å². The van der Waals surface area contributed by atoms with E-state index in [0.29, 0.717) is 18.0 Å². The Kier molecular flexibility index (Phi) is 8.92. The highest BCUT2D eigenvalue weighted by molar-refractivity contribution is 5.81. The van der Waals surface area contributed by atoms with E-state index >= 15 is 0 Å². The van der Waals surface area contributed by atoms with Gasteiger partial charge in [-0.15, -0.1) is 0 Å². The number of nitrogens with two attached hydrogens (primary N) is 1. The van der Waals surface area contributed by atoms with Crippen LogP contribution in [-0.4, -0.2) is 61.7 Å². The molecule has 8 heteroatoms. The van der Waals surface area contributed by atoms with Crippen LogP contribution in [0.3, 0.4) is 0 Å². The number of hydrogen-bond donors (Lipinski definition) is 1. The van der Waals surface area contributed by atoms with Crippen LogP contribution in [0.4, 0.5) is 0 Å². The smallest absolute Gasteiger partial charge is 0.236 e. The fourth-order valence-electron chi connectivity index (χ4n) is 5.45. The zero-order valence-electron chi connectivity index (χ0n) is 22.2. The molecule has 0 aliphatic carbocycles. The number of rotatable bonds is 12. The molecule has 1 saturated heterocycles. The van der Waals surface area contributed by atoms with Gasteiger partial charge in [-0.2, -0.15) is 0 Å². The van der Waals surface area contributed by atoms with Gasteiger partial charge in [0.05, 0.1) is 19.6 Å². The zero-order chi connectivity index (χ0) is 26.4. The standard InChI is InChI=1S/C29H39N3O5/c1-4-6-14-31(15-7-5-2)26(33)18-32-17-23(21-10-13-24-25(16-21)37-19-36-24)27(29(30)34)28(32)20-8-11-22(35-3)12-9-20/h8-13,16,23,27-28H,4-7,14-15,17-19H2,1-3H3,(H2,30,34)/t23-,27-,28+/m1/s1. The summed E-state index contributed by atoms with van der Waals surface area (Å²) in [6.07, 6.45) is 4.01. The minimum absolute atomic E-state index is 0.0926. The van der Waals surface area contributed by atoms with E-state index in [4.69, 9.17) is 19.9 Å². The number of fused-ring (bicyclic) bond motifs is 1. The molecule has 0 radical (unpaired) electrons. The second-order valence-corrected chi connectivity index (χ2v) is 9.88. The summed E-state index contributed by atoms with van der Waals surface area (Å²) < 4.78 is 16.4. The lowest BCUT2D eigenvalue weighted by Crippen LogP contribution is -2.42. The number of benzene rings is 2. The SMILES string of the molecule is CCCCN(CCCC)C(=O)CN1C[C@H](c2ccc3c(c2)OCO3)[C@@H](C(N)=O)[C@@H]1c1ccc(OC)cc1. The van der Waals surface area contributed by atoms with E-state index in [-0.39, 0.29) is 37.1 Å². The Morgan fingerprint density at radius 2 is 1.65 bits per heavy atom. The van der Waals surface area contributed by atoms with Crippen molar-refractivity contribution in [3.63, 3.8) is 0 Å². The van der Waals surface area contributed by atoms with Crippen molar-refractivity contribution in [1.82, 2.24) is 9.80 Å². The predicted molar refractivity (Wildman–Crippen MR) is 142 cm³/mol. The van der Waals surface area contributed by atoms with Gasteiger partial charge < -0.3 is 24.8 Å². The van der Waals surface area contributed by atoms with Gasteiger partial charge in [0.2, 0.25) is 18.6 Å². The summed E-state index contributed by atoms with van der Waals surface area (Å²) in [7, 11) is 1.62. The Morgan fingerprint density at radius 1 is 1.00 bits per heavy atom. The van der Waals surface area contributed by atoms with Crippen LogP contribution in [0.25, 0.3) is 0 Å². The number of amides is 2. The van der Waals surface area contributed by atoms with Crippen LogP contribution in [0.2, 0.25) is 0 Å². The molecular formula is C29H39N3O5. The molecule has 0 bridgehead atoms. The van der Waals surface area contributed by atoms with E-state index in [1.807, 2.05) is 47.4 Å². The lowest BCUT2D eigenvalue weighted by molar-refractivity contribution is -0.133. The predicted octanol–water partition coefficient (Wildman–Crippen LogP) is 4.09. The summed E-state index contributed by atoms with van der Waals surface area (Å²) in [5.41, 5.74) is 7.96. The molecule has 0 aromatic heterocycles. The van der Waals surface area contributed by atoms with Gasteiger partial charge in [-0.1, -0.05) is 44.9 Å². The molecule has 1 fully saturated rings. The molecule has 0 unspecified atom stereocenters. The van der Waals surface area contributed by atoms with Gasteiger partial charge in [0.15, 0.2) is 11.5 Å². The first kappa shape index (κ1) is 26.8. The average molecular weight is 510 g/mol. The third-order valence-electron chi connectivity index (χ3n) is 7.46. The maximum atomic E-state index is 13.6. The summed E-state index contributed by atoms with van der Waals surface area (Å²) in [6, 6.07) is 13.2. The molecular weight excluding hydrogens is 470 g/mol. The molecule has 2 N–H and O–H groups in total. The molecule has 0 spiro atoms. The van der Waals surface area contributed by atoms with E-state index in [0.717, 1.165) is 55.6 Å². The van der Waals surface area contributed by atoms with Gasteiger partial charge in [-0.05, 0) is 48.2 Å². The number of likely N-dealkylation sites (tertiary alicyclic amines) is 1. The van der Waals surface area contributed by atoms with Crippen LogP contribution in [0.5, 0.6) is 17.2 Å². The molecule has 200 valence electrons. The second kappa shape index (κ2) is 12.3. The number of hydrogen-bond acceptors (Lipinski definition) is 6. The van der Waals surface area contributed by atoms with Crippen LogP contribution < -0.4 is 19.9 Å². The van der Waals surface area contributed by atoms with Crippen LogP contribution in [-0.2, 0) is 9.59 Å². The highest BCUT2D eigenvalue weighted by atomic mass is 16.7. The molecule has 3 atom stereocenters. The van der Waals surface area contributed by atoms with E-state index in [1.54, 1.807) is 7.11 Å². The van der Waals surface area contributed by atoms with Crippen molar-refractivity contribution in [3.05, 3.63) is 53.6 Å². The molecule has 8 nitrogen and oxygen atoms in total. The van der Waals surface area contributed by atoms with Crippen molar-refractivity contribution in [2.45, 2.75) is 51.5 Å². The van der Waals surface area contributed by atoms with Crippen LogP contribution in [0.15, 0.2) is 42.5 Å². The number of carbonyl (C=O) groups is 2. The molecule has 4 rings (SSSR count). The van der Waals surface area contributed by atoms with Gasteiger partial charge >= 0.3 is 0 Å². The number of unbranched alkanes of at least 4 members (excludes halogenated alkanes) is 2. The quantitative estimate of drug-likeness (QED) is 0.463. The van der Waals surface area contributed by atoms with Crippen molar-refractivity contribution in [2.75, 3.05) is 40.1 Å². The van der Waals surface area contributed by atoms with Crippen LogP contribution in [0.1, 0.15) is 62.6 Å². The number of ether oxygens (including phenoxy) is 3. The van der Waals surface area contributed by atoms with Gasteiger partial charge in [-0.25, -0.2) is 0 Å². The Bertz CT molecular complexity index is 1070. The fraction of sp³-hybridized carbons (Fsp3) is 0.517. The molecule has 2 amide bonds. The van der Waals surface area contributed by atoms with E-state index < -0.39 is 5.92 Å². The minimum Gasteiger partial charge on any atom is -0.497 e.